The molecule has 3 aromatic rings. The zero-order chi connectivity index (χ0) is 23.3. The van der Waals surface area contributed by atoms with Crippen LogP contribution >= 0.6 is 11.6 Å². The van der Waals surface area contributed by atoms with Crippen molar-refractivity contribution < 1.29 is 14.3 Å². The molecule has 0 bridgehead atoms. The van der Waals surface area contributed by atoms with E-state index in [0.29, 0.717) is 28.6 Å². The number of halogens is 1. The molecule has 0 atom stereocenters. The number of ether oxygens (including phenoxy) is 1. The van der Waals surface area contributed by atoms with Gasteiger partial charge in [0.2, 0.25) is 5.91 Å². The molecule has 0 unspecified atom stereocenters. The highest BCUT2D eigenvalue weighted by atomic mass is 35.5. The number of benzene rings is 2. The van der Waals surface area contributed by atoms with Gasteiger partial charge in [0.1, 0.15) is 5.15 Å². The molecule has 0 aliphatic carbocycles. The molecule has 1 N–H and O–H groups in total. The fourth-order valence-electron chi connectivity index (χ4n) is 3.08. The molecule has 166 valence electrons. The highest BCUT2D eigenvalue weighted by Gasteiger charge is 2.13. The van der Waals surface area contributed by atoms with Crippen LogP contribution in [0.1, 0.15) is 22.4 Å². The predicted molar refractivity (Wildman–Crippen MR) is 127 cm³/mol. The lowest BCUT2D eigenvalue weighted by Crippen LogP contribution is -2.25. The van der Waals surface area contributed by atoms with Crippen molar-refractivity contribution in [2.45, 2.75) is 20.4 Å². The van der Waals surface area contributed by atoms with E-state index in [1.807, 2.05) is 38.1 Å². The molecule has 1 aromatic heterocycles. The molecule has 0 aliphatic rings. The normalized spacial score (nSPS) is 10.9. The number of carbonyl (C=O) groups is 2. The summed E-state index contributed by atoms with van der Waals surface area (Å²) in [4.78, 5) is 25.3. The average Bonchev–Trinajstić information content (AvgIpc) is 3.05. The van der Waals surface area contributed by atoms with Crippen molar-refractivity contribution in [2.24, 2.45) is 0 Å². The summed E-state index contributed by atoms with van der Waals surface area (Å²) in [5.74, 6) is -0.305. The van der Waals surface area contributed by atoms with Gasteiger partial charge < -0.3 is 10.1 Å². The fraction of sp³-hybridized carbons (Fsp3) is 0.208. The van der Waals surface area contributed by atoms with Gasteiger partial charge in [-0.05, 0) is 49.8 Å². The molecule has 0 radical (unpaired) electrons. The first-order valence-corrected chi connectivity index (χ1v) is 10.4. The van der Waals surface area contributed by atoms with Crippen molar-refractivity contribution in [3.63, 3.8) is 0 Å². The van der Waals surface area contributed by atoms with E-state index in [-0.39, 0.29) is 5.91 Å². The monoisotopic (exact) mass is 452 g/mol. The van der Waals surface area contributed by atoms with Crippen molar-refractivity contribution in [1.29, 1.82) is 0 Å². The molecule has 0 saturated heterocycles. The molecule has 3 rings (SSSR count). The van der Waals surface area contributed by atoms with Gasteiger partial charge in [-0.2, -0.15) is 5.10 Å². The topological polar surface area (TPSA) is 76.5 Å². The highest BCUT2D eigenvalue weighted by Crippen LogP contribution is 2.23. The Labute approximate surface area is 192 Å². The lowest BCUT2D eigenvalue weighted by molar-refractivity contribution is -0.111. The second-order valence-electron chi connectivity index (χ2n) is 7.33. The van der Waals surface area contributed by atoms with Crippen LogP contribution in [-0.2, 0) is 16.1 Å². The first kappa shape index (κ1) is 23.1. The van der Waals surface area contributed by atoms with E-state index < -0.39 is 6.09 Å². The van der Waals surface area contributed by atoms with E-state index in [9.17, 15) is 9.59 Å². The third-order valence-electron chi connectivity index (χ3n) is 4.93. The number of nitrogens with zero attached hydrogens (tertiary/aromatic N) is 3. The lowest BCUT2D eigenvalue weighted by atomic mass is 10.1. The van der Waals surface area contributed by atoms with Gasteiger partial charge in [0.25, 0.3) is 0 Å². The Morgan fingerprint density at radius 2 is 1.78 bits per heavy atom. The van der Waals surface area contributed by atoms with E-state index in [1.165, 1.54) is 23.6 Å². The van der Waals surface area contributed by atoms with Crippen LogP contribution in [0.15, 0.2) is 54.6 Å². The van der Waals surface area contributed by atoms with E-state index in [0.717, 1.165) is 11.3 Å². The van der Waals surface area contributed by atoms with Crippen molar-refractivity contribution in [3.05, 3.63) is 82.1 Å². The minimum absolute atomic E-state index is 0.305. The van der Waals surface area contributed by atoms with Crippen LogP contribution in [-0.4, -0.2) is 35.9 Å². The van der Waals surface area contributed by atoms with Gasteiger partial charge in [-0.25, -0.2) is 9.48 Å². The molecule has 1 heterocycles. The zero-order valence-electron chi connectivity index (χ0n) is 18.4. The van der Waals surface area contributed by atoms with Crippen LogP contribution in [0.2, 0.25) is 5.15 Å². The Hall–Kier alpha value is -3.58. The maximum Gasteiger partial charge on any atom is 0.413 e. The van der Waals surface area contributed by atoms with E-state index in [2.05, 4.69) is 15.2 Å². The number of nitrogens with one attached hydrogen (secondary N) is 1. The van der Waals surface area contributed by atoms with Crippen molar-refractivity contribution in [3.8, 4) is 0 Å². The van der Waals surface area contributed by atoms with Crippen molar-refractivity contribution in [2.75, 3.05) is 24.4 Å². The van der Waals surface area contributed by atoms with Gasteiger partial charge in [-0.1, -0.05) is 41.4 Å². The zero-order valence-corrected chi connectivity index (χ0v) is 19.2. The summed E-state index contributed by atoms with van der Waals surface area (Å²) in [7, 11) is 2.92. The van der Waals surface area contributed by atoms with Crippen LogP contribution in [0.25, 0.3) is 6.08 Å². The summed E-state index contributed by atoms with van der Waals surface area (Å²) >= 11 is 6.51. The number of hydrogen-bond acceptors (Lipinski definition) is 4. The molecule has 2 amide bonds. The van der Waals surface area contributed by atoms with Crippen LogP contribution in [0.5, 0.6) is 0 Å². The molecule has 7 nitrogen and oxygen atoms in total. The lowest BCUT2D eigenvalue weighted by Gasteiger charge is -2.15. The number of carbonyl (C=O) groups excluding carboxylic acids is 2. The van der Waals surface area contributed by atoms with Gasteiger partial charge in [-0.15, -0.1) is 0 Å². The van der Waals surface area contributed by atoms with Crippen LogP contribution in [0.3, 0.4) is 0 Å². The van der Waals surface area contributed by atoms with Crippen molar-refractivity contribution in [1.82, 2.24) is 9.78 Å². The number of methoxy groups -OCH3 is 1. The van der Waals surface area contributed by atoms with Crippen LogP contribution < -0.4 is 10.2 Å². The smallest absolute Gasteiger partial charge is 0.413 e. The quantitative estimate of drug-likeness (QED) is 0.530. The van der Waals surface area contributed by atoms with Gasteiger partial charge in [0, 0.05) is 30.1 Å². The summed E-state index contributed by atoms with van der Waals surface area (Å²) in [6.07, 6.45) is 2.60. The number of amides is 2. The van der Waals surface area contributed by atoms with Gasteiger partial charge in [0.15, 0.2) is 0 Å². The van der Waals surface area contributed by atoms with Crippen molar-refractivity contribution >= 4 is 41.1 Å². The third kappa shape index (κ3) is 5.56. The minimum atomic E-state index is -0.472. The molecule has 0 aliphatic heterocycles. The maximum absolute atomic E-state index is 12.4. The number of aryl methyl sites for hydroxylation is 2. The number of anilines is 2. The summed E-state index contributed by atoms with van der Waals surface area (Å²) < 4.78 is 6.40. The average molecular weight is 453 g/mol. The first-order chi connectivity index (χ1) is 15.3. The first-order valence-electron chi connectivity index (χ1n) is 9.97. The molecule has 0 fully saturated rings. The second-order valence-corrected chi connectivity index (χ2v) is 7.69. The Kier molecular flexibility index (Phi) is 7.33. The predicted octanol–water partition coefficient (Wildman–Crippen LogP) is 5.06. The Balaban J connectivity index is 1.66. The Morgan fingerprint density at radius 1 is 1.12 bits per heavy atom. The number of rotatable bonds is 6. The summed E-state index contributed by atoms with van der Waals surface area (Å²) in [6.45, 7) is 4.44. The number of hydrogen-bond donors (Lipinski definition) is 1. The molecule has 32 heavy (non-hydrogen) atoms. The molecule has 2 aromatic carbocycles. The maximum atomic E-state index is 12.4. The largest absolute Gasteiger partial charge is 0.452 e. The summed E-state index contributed by atoms with van der Waals surface area (Å²) in [5, 5.41) is 7.75. The molecular formula is C24H25ClN4O3. The Bertz CT molecular complexity index is 1140. The fourth-order valence-corrected chi connectivity index (χ4v) is 3.38. The summed E-state index contributed by atoms with van der Waals surface area (Å²) in [5.41, 5.74) is 4.96. The Morgan fingerprint density at radius 3 is 2.41 bits per heavy atom. The second kappa shape index (κ2) is 10.2. The molecule has 8 heteroatoms. The highest BCUT2D eigenvalue weighted by molar-refractivity contribution is 6.31. The van der Waals surface area contributed by atoms with Gasteiger partial charge in [0.05, 0.1) is 19.3 Å². The number of aromatic nitrogens is 2. The summed E-state index contributed by atoms with van der Waals surface area (Å²) in [6, 6.07) is 15.0. The standard InChI is InChI=1S/C24H25ClN4O3/c1-16-5-7-18(8-6-16)15-29-23(25)21(17(2)27-29)13-14-22(30)26-19-9-11-20(12-10-19)28(3)24(31)32-4/h5-14H,15H2,1-4H3,(H,26,30)/b14-13+. The van der Waals surface area contributed by atoms with E-state index in [1.54, 1.807) is 42.1 Å². The van der Waals surface area contributed by atoms with E-state index >= 15 is 0 Å². The molecule has 0 saturated carbocycles. The molecule has 0 spiro atoms. The van der Waals surface area contributed by atoms with Crippen LogP contribution in [0, 0.1) is 13.8 Å². The minimum Gasteiger partial charge on any atom is -0.452 e. The molecular weight excluding hydrogens is 428 g/mol. The van der Waals surface area contributed by atoms with Crippen LogP contribution in [0.4, 0.5) is 16.2 Å². The van der Waals surface area contributed by atoms with E-state index in [4.69, 9.17) is 11.6 Å². The SMILES string of the molecule is COC(=O)N(C)c1ccc(NC(=O)/C=C/c2c(C)nn(Cc3ccc(C)cc3)c2Cl)cc1. The van der Waals surface area contributed by atoms with Gasteiger partial charge >= 0.3 is 6.09 Å². The van der Waals surface area contributed by atoms with Gasteiger partial charge in [-0.3, -0.25) is 9.69 Å². The third-order valence-corrected chi connectivity index (χ3v) is 5.33.